The van der Waals surface area contributed by atoms with Crippen LogP contribution in [0.15, 0.2) is 0 Å². The van der Waals surface area contributed by atoms with Crippen LogP contribution in [0.5, 0.6) is 0 Å². The van der Waals surface area contributed by atoms with Gasteiger partial charge in [0.2, 0.25) is 0 Å². The van der Waals surface area contributed by atoms with E-state index in [0.29, 0.717) is 30.4 Å². The average molecular weight is 381 g/mol. The van der Waals surface area contributed by atoms with E-state index >= 15 is 0 Å². The minimum atomic E-state index is -0.245. The van der Waals surface area contributed by atoms with Gasteiger partial charge in [0.05, 0.1) is 38.2 Å². The third-order valence-corrected chi connectivity index (χ3v) is 9.30. The lowest BCUT2D eigenvalue weighted by Crippen LogP contribution is -2.61. The van der Waals surface area contributed by atoms with Crippen LogP contribution in [0.25, 0.3) is 0 Å². The van der Waals surface area contributed by atoms with Crippen LogP contribution in [0.1, 0.15) is 70.6 Å². The first-order chi connectivity index (χ1) is 12.4. The standard InChI is InChI=1S/C22H35ClNO2/c1-24-7-3-2-6-19(24)18(5-4-8-24)14-26-20(25)21-10-16-9-17(11-21)13-22(23,12-16)15-21/h16-19H,2-15H2,1H3/q+1/t16-,17+,18-,19+,21?,22?,24?/m0/s1. The maximum atomic E-state index is 13.2. The molecule has 0 aromatic carbocycles. The van der Waals surface area contributed by atoms with Gasteiger partial charge in [0, 0.05) is 17.2 Å². The zero-order valence-electron chi connectivity index (χ0n) is 16.4. The smallest absolute Gasteiger partial charge is 0.312 e. The van der Waals surface area contributed by atoms with Gasteiger partial charge in [0.15, 0.2) is 0 Å². The molecular weight excluding hydrogens is 346 g/mol. The first-order valence-corrected chi connectivity index (χ1v) is 11.5. The summed E-state index contributed by atoms with van der Waals surface area (Å²) in [6.45, 7) is 3.29. The number of hydrogen-bond acceptors (Lipinski definition) is 2. The van der Waals surface area contributed by atoms with Crippen LogP contribution in [0.2, 0.25) is 0 Å². The molecule has 26 heavy (non-hydrogen) atoms. The number of alkyl halides is 1. The summed E-state index contributed by atoms with van der Waals surface area (Å²) >= 11 is 6.91. The second-order valence-corrected chi connectivity index (χ2v) is 11.7. The second kappa shape index (κ2) is 6.11. The molecule has 7 atom stereocenters. The Morgan fingerprint density at radius 1 is 1.08 bits per heavy atom. The van der Waals surface area contributed by atoms with Crippen molar-refractivity contribution >= 4 is 17.6 Å². The van der Waals surface area contributed by atoms with Crippen LogP contribution >= 0.6 is 11.6 Å². The van der Waals surface area contributed by atoms with Crippen LogP contribution in [0.3, 0.4) is 0 Å². The minimum Gasteiger partial charge on any atom is -0.465 e. The predicted octanol–water partition coefficient (Wildman–Crippen LogP) is 4.52. The summed E-state index contributed by atoms with van der Waals surface area (Å²) in [5.41, 5.74) is -0.245. The van der Waals surface area contributed by atoms with Crippen molar-refractivity contribution in [2.24, 2.45) is 23.2 Å². The highest BCUT2D eigenvalue weighted by molar-refractivity contribution is 6.24. The molecule has 0 amide bonds. The number of halogens is 1. The number of esters is 1. The summed E-state index contributed by atoms with van der Waals surface area (Å²) in [5, 5.41) is 0. The number of hydrogen-bond donors (Lipinski definition) is 0. The molecule has 0 spiro atoms. The molecule has 3 unspecified atom stereocenters. The quantitative estimate of drug-likeness (QED) is 0.409. The Bertz CT molecular complexity index is 575. The number of rotatable bonds is 3. The summed E-state index contributed by atoms with van der Waals surface area (Å²) in [7, 11) is 2.44. The fraction of sp³-hybridized carbons (Fsp3) is 0.955. The summed E-state index contributed by atoms with van der Waals surface area (Å²) in [5.74, 6) is 1.99. The van der Waals surface area contributed by atoms with Gasteiger partial charge in [0.25, 0.3) is 0 Å². The third kappa shape index (κ3) is 2.83. The van der Waals surface area contributed by atoms with Crippen molar-refractivity contribution in [1.29, 1.82) is 0 Å². The maximum absolute atomic E-state index is 13.2. The molecule has 4 aliphatic carbocycles. The van der Waals surface area contributed by atoms with Crippen molar-refractivity contribution < 1.29 is 14.0 Å². The molecular formula is C22H35ClNO2+. The van der Waals surface area contributed by atoms with Crippen LogP contribution < -0.4 is 0 Å². The van der Waals surface area contributed by atoms with Crippen molar-refractivity contribution in [3.05, 3.63) is 0 Å². The Morgan fingerprint density at radius 3 is 2.54 bits per heavy atom. The Kier molecular flexibility index (Phi) is 4.18. The molecule has 6 rings (SSSR count). The molecule has 2 aliphatic heterocycles. The molecule has 3 nitrogen and oxygen atoms in total. The Morgan fingerprint density at radius 2 is 1.81 bits per heavy atom. The second-order valence-electron chi connectivity index (χ2n) is 10.9. The normalized spacial score (nSPS) is 52.5. The summed E-state index contributed by atoms with van der Waals surface area (Å²) in [6, 6.07) is 0.709. The first kappa shape index (κ1) is 17.8. The van der Waals surface area contributed by atoms with Gasteiger partial charge in [-0.1, -0.05) is 0 Å². The molecule has 0 aromatic rings. The molecule has 0 aromatic heterocycles. The van der Waals surface area contributed by atoms with E-state index in [2.05, 4.69) is 7.05 Å². The zero-order chi connectivity index (χ0) is 18.0. The van der Waals surface area contributed by atoms with Gasteiger partial charge in [-0.25, -0.2) is 0 Å². The topological polar surface area (TPSA) is 26.3 Å². The van der Waals surface area contributed by atoms with Crippen molar-refractivity contribution in [1.82, 2.24) is 0 Å². The Balaban J connectivity index is 1.26. The third-order valence-electron chi connectivity index (χ3n) is 8.86. The number of fused-ring (bicyclic) bond motifs is 1. The highest BCUT2D eigenvalue weighted by Gasteiger charge is 2.61. The fourth-order valence-corrected chi connectivity index (χ4v) is 8.85. The van der Waals surface area contributed by atoms with Crippen LogP contribution in [-0.4, -0.2) is 48.1 Å². The number of quaternary nitrogens is 1. The number of carbonyl (C=O) groups is 1. The summed E-state index contributed by atoms with van der Waals surface area (Å²) in [4.78, 5) is 13.1. The number of nitrogens with zero attached hydrogens (tertiary/aromatic N) is 1. The van der Waals surface area contributed by atoms with Gasteiger partial charge in [-0.3, -0.25) is 4.79 Å². The SMILES string of the molecule is C[N+]12CCCC[C@@H]1[C@H](COC(=O)C13C[C@@H]4C[C@@H](CC(Cl)(C4)C1)C3)CCC2. The number of carbonyl (C=O) groups excluding carboxylic acids is 1. The highest BCUT2D eigenvalue weighted by atomic mass is 35.5. The van der Waals surface area contributed by atoms with Gasteiger partial charge in [-0.05, 0) is 76.0 Å². The van der Waals surface area contributed by atoms with Crippen LogP contribution in [0, 0.1) is 23.2 Å². The average Bonchev–Trinajstić information content (AvgIpc) is 2.56. The minimum absolute atomic E-state index is 0.104. The first-order valence-electron chi connectivity index (χ1n) is 11.1. The Labute approximate surface area is 163 Å². The predicted molar refractivity (Wildman–Crippen MR) is 103 cm³/mol. The molecule has 4 bridgehead atoms. The van der Waals surface area contributed by atoms with Gasteiger partial charge in [-0.15, -0.1) is 11.6 Å². The molecule has 2 heterocycles. The van der Waals surface area contributed by atoms with E-state index in [9.17, 15) is 4.79 Å². The van der Waals surface area contributed by atoms with Crippen LogP contribution in [0.4, 0.5) is 0 Å². The summed E-state index contributed by atoms with van der Waals surface area (Å²) in [6.07, 6.45) is 13.1. The van der Waals surface area contributed by atoms with E-state index in [1.165, 1.54) is 56.1 Å². The van der Waals surface area contributed by atoms with Gasteiger partial charge in [0.1, 0.15) is 0 Å². The molecule has 4 heteroatoms. The van der Waals surface area contributed by atoms with Crippen molar-refractivity contribution in [2.75, 3.05) is 26.7 Å². The molecule has 146 valence electrons. The van der Waals surface area contributed by atoms with E-state index in [1.807, 2.05) is 0 Å². The van der Waals surface area contributed by atoms with Crippen molar-refractivity contribution in [3.8, 4) is 0 Å². The van der Waals surface area contributed by atoms with Crippen molar-refractivity contribution in [2.45, 2.75) is 81.5 Å². The van der Waals surface area contributed by atoms with Crippen molar-refractivity contribution in [3.63, 3.8) is 0 Å². The van der Waals surface area contributed by atoms with E-state index in [1.54, 1.807) is 0 Å². The lowest BCUT2D eigenvalue weighted by atomic mass is 9.49. The van der Waals surface area contributed by atoms with Crippen LogP contribution in [-0.2, 0) is 9.53 Å². The van der Waals surface area contributed by atoms with Gasteiger partial charge >= 0.3 is 5.97 Å². The molecule has 2 saturated heterocycles. The number of piperidine rings is 2. The maximum Gasteiger partial charge on any atom is 0.312 e. The number of ether oxygens (including phenoxy) is 1. The van der Waals surface area contributed by atoms with E-state index in [-0.39, 0.29) is 16.3 Å². The van der Waals surface area contributed by atoms with Gasteiger partial charge in [-0.2, -0.15) is 0 Å². The lowest BCUT2D eigenvalue weighted by molar-refractivity contribution is -0.947. The highest BCUT2D eigenvalue weighted by Crippen LogP contribution is 2.64. The van der Waals surface area contributed by atoms with E-state index in [0.717, 1.165) is 32.1 Å². The largest absolute Gasteiger partial charge is 0.465 e. The molecule has 0 N–H and O–H groups in total. The Hall–Kier alpha value is -0.280. The molecule has 4 saturated carbocycles. The van der Waals surface area contributed by atoms with Gasteiger partial charge < -0.3 is 9.22 Å². The van der Waals surface area contributed by atoms with E-state index in [4.69, 9.17) is 16.3 Å². The summed E-state index contributed by atoms with van der Waals surface area (Å²) < 4.78 is 7.32. The lowest BCUT2D eigenvalue weighted by Gasteiger charge is -2.58. The molecule has 6 aliphatic rings. The van der Waals surface area contributed by atoms with E-state index < -0.39 is 0 Å². The molecule has 6 fully saturated rings. The molecule has 0 radical (unpaired) electrons. The monoisotopic (exact) mass is 380 g/mol. The fourth-order valence-electron chi connectivity index (χ4n) is 8.15. The zero-order valence-corrected chi connectivity index (χ0v) is 17.1.